The predicted molar refractivity (Wildman–Crippen MR) is 90.2 cm³/mol. The van der Waals surface area contributed by atoms with Gasteiger partial charge in [0.1, 0.15) is 5.92 Å². The summed E-state index contributed by atoms with van der Waals surface area (Å²) in [6, 6.07) is 16.8. The van der Waals surface area contributed by atoms with Crippen molar-refractivity contribution >= 4 is 29.1 Å². The first-order valence-electron chi connectivity index (χ1n) is 7.54. The average molecular weight is 329 g/mol. The fraction of sp³-hybridized carbons (Fsp3) is 0.222. The normalized spacial score (nSPS) is 17.3. The Kier molecular flexibility index (Phi) is 4.63. The van der Waals surface area contributed by atoms with Gasteiger partial charge < -0.3 is 10.2 Å². The first-order valence-corrected chi connectivity index (χ1v) is 7.92. The lowest BCUT2D eigenvalue weighted by molar-refractivity contribution is -0.132. The summed E-state index contributed by atoms with van der Waals surface area (Å²) < 4.78 is 0. The van der Waals surface area contributed by atoms with Crippen LogP contribution in [0.3, 0.4) is 0 Å². The topological polar surface area (TPSA) is 49.4 Å². The van der Waals surface area contributed by atoms with Gasteiger partial charge in [-0.05, 0) is 30.2 Å². The van der Waals surface area contributed by atoms with Crippen LogP contribution in [0.25, 0.3) is 0 Å². The maximum absolute atomic E-state index is 12.5. The van der Waals surface area contributed by atoms with E-state index in [1.807, 2.05) is 48.5 Å². The van der Waals surface area contributed by atoms with E-state index < -0.39 is 5.92 Å². The number of nitrogens with one attached hydrogen (secondary N) is 1. The van der Waals surface area contributed by atoms with E-state index in [2.05, 4.69) is 5.32 Å². The Morgan fingerprint density at radius 1 is 1.13 bits per heavy atom. The van der Waals surface area contributed by atoms with Crippen LogP contribution in [0.15, 0.2) is 54.6 Å². The van der Waals surface area contributed by atoms with Gasteiger partial charge in [0.05, 0.1) is 0 Å². The minimum absolute atomic E-state index is 0.146. The van der Waals surface area contributed by atoms with E-state index >= 15 is 0 Å². The summed E-state index contributed by atoms with van der Waals surface area (Å²) in [5, 5.41) is 3.42. The largest absolute Gasteiger partial charge is 0.351 e. The number of hydrogen-bond acceptors (Lipinski definition) is 2. The van der Waals surface area contributed by atoms with Crippen molar-refractivity contribution in [1.29, 1.82) is 0 Å². The predicted octanol–water partition coefficient (Wildman–Crippen LogP) is 3.01. The SMILES string of the molecule is O=C(NCc1ccccc1Cl)C1CCN(c2ccccc2)C1=O. The highest BCUT2D eigenvalue weighted by Crippen LogP contribution is 2.25. The molecule has 118 valence electrons. The number of anilines is 1. The van der Waals surface area contributed by atoms with Crippen LogP contribution in [0.2, 0.25) is 5.02 Å². The van der Waals surface area contributed by atoms with Gasteiger partial charge >= 0.3 is 0 Å². The van der Waals surface area contributed by atoms with Gasteiger partial charge in [-0.25, -0.2) is 0 Å². The number of benzene rings is 2. The molecule has 2 amide bonds. The summed E-state index contributed by atoms with van der Waals surface area (Å²) in [4.78, 5) is 26.4. The lowest BCUT2D eigenvalue weighted by Gasteiger charge is -2.16. The Morgan fingerprint density at radius 2 is 1.83 bits per heavy atom. The number of hydrogen-bond donors (Lipinski definition) is 1. The molecule has 0 bridgehead atoms. The zero-order valence-electron chi connectivity index (χ0n) is 12.5. The first-order chi connectivity index (χ1) is 11.2. The molecule has 4 nitrogen and oxygen atoms in total. The van der Waals surface area contributed by atoms with Gasteiger partial charge in [-0.15, -0.1) is 0 Å². The second kappa shape index (κ2) is 6.84. The summed E-state index contributed by atoms with van der Waals surface area (Å²) in [7, 11) is 0. The lowest BCUT2D eigenvalue weighted by Crippen LogP contribution is -2.36. The van der Waals surface area contributed by atoms with Gasteiger partial charge in [0, 0.05) is 23.8 Å². The second-order valence-corrected chi connectivity index (χ2v) is 5.88. The van der Waals surface area contributed by atoms with E-state index in [1.54, 1.807) is 11.0 Å². The summed E-state index contributed by atoms with van der Waals surface area (Å²) in [6.45, 7) is 0.890. The second-order valence-electron chi connectivity index (χ2n) is 5.48. The van der Waals surface area contributed by atoms with Gasteiger partial charge in [0.25, 0.3) is 0 Å². The highest BCUT2D eigenvalue weighted by Gasteiger charge is 2.37. The third kappa shape index (κ3) is 3.37. The molecule has 23 heavy (non-hydrogen) atoms. The number of amides is 2. The minimum atomic E-state index is -0.627. The molecule has 0 aliphatic carbocycles. The fourth-order valence-electron chi connectivity index (χ4n) is 2.73. The van der Waals surface area contributed by atoms with Crippen molar-refractivity contribution in [2.24, 2.45) is 5.92 Å². The first kappa shape index (κ1) is 15.6. The maximum Gasteiger partial charge on any atom is 0.239 e. The fourth-order valence-corrected chi connectivity index (χ4v) is 2.94. The van der Waals surface area contributed by atoms with E-state index in [-0.39, 0.29) is 11.8 Å². The number of carbonyl (C=O) groups is 2. The van der Waals surface area contributed by atoms with E-state index in [4.69, 9.17) is 11.6 Å². The van der Waals surface area contributed by atoms with Crippen LogP contribution >= 0.6 is 11.6 Å². The van der Waals surface area contributed by atoms with Crippen molar-refractivity contribution in [1.82, 2.24) is 5.32 Å². The van der Waals surface area contributed by atoms with Crippen molar-refractivity contribution in [2.45, 2.75) is 13.0 Å². The van der Waals surface area contributed by atoms with E-state index in [9.17, 15) is 9.59 Å². The molecule has 2 aromatic carbocycles. The van der Waals surface area contributed by atoms with Gasteiger partial charge in [-0.2, -0.15) is 0 Å². The molecule has 1 heterocycles. The number of rotatable bonds is 4. The van der Waals surface area contributed by atoms with Crippen LogP contribution in [-0.4, -0.2) is 18.4 Å². The number of carbonyl (C=O) groups excluding carboxylic acids is 2. The number of para-hydroxylation sites is 1. The molecule has 1 fully saturated rings. The highest BCUT2D eigenvalue weighted by molar-refractivity contribution is 6.31. The quantitative estimate of drug-likeness (QED) is 0.877. The third-order valence-corrected chi connectivity index (χ3v) is 4.37. The molecular weight excluding hydrogens is 312 g/mol. The molecule has 3 rings (SSSR count). The van der Waals surface area contributed by atoms with Crippen LogP contribution in [-0.2, 0) is 16.1 Å². The van der Waals surface area contributed by atoms with Crippen LogP contribution < -0.4 is 10.2 Å². The molecule has 1 aliphatic rings. The smallest absolute Gasteiger partial charge is 0.239 e. The van der Waals surface area contributed by atoms with E-state index in [1.165, 1.54) is 0 Å². The Hall–Kier alpha value is -2.33. The monoisotopic (exact) mass is 328 g/mol. The molecule has 5 heteroatoms. The summed E-state index contributed by atoms with van der Waals surface area (Å²) >= 11 is 6.07. The van der Waals surface area contributed by atoms with Crippen molar-refractivity contribution in [3.8, 4) is 0 Å². The molecule has 1 atom stereocenters. The Morgan fingerprint density at radius 3 is 2.57 bits per heavy atom. The van der Waals surface area contributed by atoms with Crippen LogP contribution in [0, 0.1) is 5.92 Å². The van der Waals surface area contributed by atoms with Crippen molar-refractivity contribution in [2.75, 3.05) is 11.4 Å². The van der Waals surface area contributed by atoms with E-state index in [0.29, 0.717) is 24.5 Å². The lowest BCUT2D eigenvalue weighted by atomic mass is 10.1. The molecule has 0 radical (unpaired) electrons. The number of nitrogens with zero attached hydrogens (tertiary/aromatic N) is 1. The van der Waals surface area contributed by atoms with Gasteiger partial charge in [-0.1, -0.05) is 48.0 Å². The van der Waals surface area contributed by atoms with E-state index in [0.717, 1.165) is 11.3 Å². The Labute approximate surface area is 140 Å². The van der Waals surface area contributed by atoms with Crippen molar-refractivity contribution in [3.63, 3.8) is 0 Å². The van der Waals surface area contributed by atoms with Gasteiger partial charge in [-0.3, -0.25) is 9.59 Å². The molecule has 0 aromatic heterocycles. The molecule has 1 saturated heterocycles. The zero-order valence-corrected chi connectivity index (χ0v) is 13.3. The molecule has 0 saturated carbocycles. The Balaban J connectivity index is 1.63. The number of halogens is 1. The maximum atomic E-state index is 12.5. The van der Waals surface area contributed by atoms with Crippen LogP contribution in [0.4, 0.5) is 5.69 Å². The zero-order chi connectivity index (χ0) is 16.2. The highest BCUT2D eigenvalue weighted by atomic mass is 35.5. The molecule has 0 spiro atoms. The molecule has 2 aromatic rings. The van der Waals surface area contributed by atoms with Gasteiger partial charge in [0.2, 0.25) is 11.8 Å². The summed E-state index contributed by atoms with van der Waals surface area (Å²) in [5.41, 5.74) is 1.67. The van der Waals surface area contributed by atoms with Crippen molar-refractivity contribution < 1.29 is 9.59 Å². The minimum Gasteiger partial charge on any atom is -0.351 e. The molecule has 1 unspecified atom stereocenters. The standard InChI is InChI=1S/C18H17ClN2O2/c19-16-9-5-4-6-13(16)12-20-17(22)15-10-11-21(18(15)23)14-7-2-1-3-8-14/h1-9,15H,10-12H2,(H,20,22). The molecule has 1 aliphatic heterocycles. The average Bonchev–Trinajstić information content (AvgIpc) is 2.96. The summed E-state index contributed by atoms with van der Waals surface area (Å²) in [6.07, 6.45) is 0.530. The summed E-state index contributed by atoms with van der Waals surface area (Å²) in [5.74, 6) is -1.01. The van der Waals surface area contributed by atoms with Crippen molar-refractivity contribution in [3.05, 3.63) is 65.2 Å². The molecule has 1 N–H and O–H groups in total. The van der Waals surface area contributed by atoms with Gasteiger partial charge in [0.15, 0.2) is 0 Å². The third-order valence-electron chi connectivity index (χ3n) is 4.00. The molecular formula is C18H17ClN2O2. The van der Waals surface area contributed by atoms with Crippen LogP contribution in [0.5, 0.6) is 0 Å². The Bertz CT molecular complexity index is 718. The van der Waals surface area contributed by atoms with Crippen LogP contribution in [0.1, 0.15) is 12.0 Å².